The standard InChI is InChI=1S/C10H15NO3/c1-6-3-4-7(10(13)14)8(5-6)9(12)11-2/h3,7-8H,4-5H2,1-2H3,(H,11,12)(H,13,14). The van der Waals surface area contributed by atoms with Gasteiger partial charge in [0.1, 0.15) is 0 Å². The zero-order chi connectivity index (χ0) is 10.7. The van der Waals surface area contributed by atoms with Gasteiger partial charge < -0.3 is 10.4 Å². The first kappa shape index (κ1) is 10.8. The average Bonchev–Trinajstić information content (AvgIpc) is 2.16. The van der Waals surface area contributed by atoms with Crippen LogP contribution in [0.4, 0.5) is 0 Å². The van der Waals surface area contributed by atoms with Gasteiger partial charge >= 0.3 is 5.97 Å². The third-order valence-corrected chi connectivity index (χ3v) is 2.65. The van der Waals surface area contributed by atoms with Crippen molar-refractivity contribution >= 4 is 11.9 Å². The lowest BCUT2D eigenvalue weighted by Gasteiger charge is -2.25. The van der Waals surface area contributed by atoms with E-state index in [1.807, 2.05) is 13.0 Å². The van der Waals surface area contributed by atoms with Crippen molar-refractivity contribution in [3.05, 3.63) is 11.6 Å². The lowest BCUT2D eigenvalue weighted by Crippen LogP contribution is -2.37. The minimum absolute atomic E-state index is 0.176. The van der Waals surface area contributed by atoms with E-state index in [1.165, 1.54) is 7.05 Å². The molecular weight excluding hydrogens is 182 g/mol. The number of hydrogen-bond donors (Lipinski definition) is 2. The predicted molar refractivity (Wildman–Crippen MR) is 51.7 cm³/mol. The van der Waals surface area contributed by atoms with Gasteiger partial charge in [-0.05, 0) is 19.8 Å². The summed E-state index contributed by atoms with van der Waals surface area (Å²) in [7, 11) is 1.54. The number of aliphatic carboxylic acids is 1. The molecule has 0 radical (unpaired) electrons. The Balaban J connectivity index is 2.83. The van der Waals surface area contributed by atoms with Gasteiger partial charge in [-0.25, -0.2) is 0 Å². The van der Waals surface area contributed by atoms with Crippen LogP contribution in [0.5, 0.6) is 0 Å². The van der Waals surface area contributed by atoms with E-state index in [9.17, 15) is 9.59 Å². The van der Waals surface area contributed by atoms with Crippen molar-refractivity contribution in [2.45, 2.75) is 19.8 Å². The summed E-state index contributed by atoms with van der Waals surface area (Å²) in [4.78, 5) is 22.3. The van der Waals surface area contributed by atoms with Gasteiger partial charge in [0.15, 0.2) is 0 Å². The first-order valence-electron chi connectivity index (χ1n) is 4.66. The topological polar surface area (TPSA) is 66.4 Å². The molecule has 1 rings (SSSR count). The zero-order valence-corrected chi connectivity index (χ0v) is 8.41. The van der Waals surface area contributed by atoms with Crippen LogP contribution in [0.1, 0.15) is 19.8 Å². The van der Waals surface area contributed by atoms with Gasteiger partial charge in [-0.15, -0.1) is 0 Å². The summed E-state index contributed by atoms with van der Waals surface area (Å²) in [5.74, 6) is -2.05. The Morgan fingerprint density at radius 2 is 2.14 bits per heavy atom. The Hall–Kier alpha value is -1.32. The minimum atomic E-state index is -0.887. The molecule has 0 heterocycles. The molecule has 1 amide bonds. The average molecular weight is 197 g/mol. The van der Waals surface area contributed by atoms with Crippen molar-refractivity contribution in [1.82, 2.24) is 5.32 Å². The van der Waals surface area contributed by atoms with Gasteiger partial charge in [0.25, 0.3) is 0 Å². The molecule has 1 aliphatic rings. The molecule has 0 aromatic carbocycles. The maximum atomic E-state index is 11.4. The second-order valence-corrected chi connectivity index (χ2v) is 3.66. The molecule has 2 atom stereocenters. The third-order valence-electron chi connectivity index (χ3n) is 2.65. The summed E-state index contributed by atoms with van der Waals surface area (Å²) in [5, 5.41) is 11.4. The van der Waals surface area contributed by atoms with Crippen LogP contribution < -0.4 is 5.32 Å². The highest BCUT2D eigenvalue weighted by molar-refractivity contribution is 5.85. The van der Waals surface area contributed by atoms with Crippen LogP contribution in [0.3, 0.4) is 0 Å². The number of hydrogen-bond acceptors (Lipinski definition) is 2. The van der Waals surface area contributed by atoms with Crippen LogP contribution >= 0.6 is 0 Å². The molecule has 0 bridgehead atoms. The highest BCUT2D eigenvalue weighted by Crippen LogP contribution is 2.29. The smallest absolute Gasteiger partial charge is 0.307 e. The van der Waals surface area contributed by atoms with Gasteiger partial charge in [-0.1, -0.05) is 11.6 Å². The van der Waals surface area contributed by atoms with E-state index in [1.54, 1.807) is 0 Å². The summed E-state index contributed by atoms with van der Waals surface area (Å²) in [6.45, 7) is 1.92. The lowest BCUT2D eigenvalue weighted by molar-refractivity contribution is -0.147. The van der Waals surface area contributed by atoms with Crippen LogP contribution in [0.25, 0.3) is 0 Å². The molecular formula is C10H15NO3. The number of carboxylic acids is 1. The molecule has 0 saturated heterocycles. The van der Waals surface area contributed by atoms with Crippen molar-refractivity contribution in [3.8, 4) is 0 Å². The molecule has 0 aromatic rings. The maximum Gasteiger partial charge on any atom is 0.307 e. The number of carboxylic acid groups (broad SMARTS) is 1. The molecule has 0 spiro atoms. The van der Waals surface area contributed by atoms with Crippen molar-refractivity contribution in [2.75, 3.05) is 7.05 Å². The predicted octanol–water partition coefficient (Wildman–Crippen LogP) is 0.790. The Morgan fingerprint density at radius 1 is 1.50 bits per heavy atom. The first-order valence-corrected chi connectivity index (χ1v) is 4.66. The summed E-state index contributed by atoms with van der Waals surface area (Å²) in [6.07, 6.45) is 2.91. The molecule has 0 fully saturated rings. The third kappa shape index (κ3) is 2.13. The van der Waals surface area contributed by atoms with Crippen LogP contribution in [0, 0.1) is 11.8 Å². The number of nitrogens with one attached hydrogen (secondary N) is 1. The SMILES string of the molecule is CNC(=O)C1CC(C)=CCC1C(=O)O. The summed E-state index contributed by atoms with van der Waals surface area (Å²) in [5.41, 5.74) is 1.09. The molecule has 14 heavy (non-hydrogen) atoms. The highest BCUT2D eigenvalue weighted by atomic mass is 16.4. The van der Waals surface area contributed by atoms with Crippen LogP contribution in [0.2, 0.25) is 0 Å². The largest absolute Gasteiger partial charge is 0.481 e. The van der Waals surface area contributed by atoms with Crippen molar-refractivity contribution in [1.29, 1.82) is 0 Å². The van der Waals surface area contributed by atoms with E-state index in [0.717, 1.165) is 5.57 Å². The number of allylic oxidation sites excluding steroid dienone is 2. The van der Waals surface area contributed by atoms with Gasteiger partial charge in [-0.3, -0.25) is 9.59 Å². The second kappa shape index (κ2) is 4.26. The van der Waals surface area contributed by atoms with E-state index in [2.05, 4.69) is 5.32 Å². The molecule has 4 nitrogen and oxygen atoms in total. The highest BCUT2D eigenvalue weighted by Gasteiger charge is 2.34. The number of rotatable bonds is 2. The van der Waals surface area contributed by atoms with Crippen molar-refractivity contribution in [3.63, 3.8) is 0 Å². The summed E-state index contributed by atoms with van der Waals surface area (Å²) >= 11 is 0. The number of carbonyl (C=O) groups excluding carboxylic acids is 1. The minimum Gasteiger partial charge on any atom is -0.481 e. The maximum absolute atomic E-state index is 11.4. The lowest BCUT2D eigenvalue weighted by atomic mass is 9.79. The van der Waals surface area contributed by atoms with E-state index >= 15 is 0 Å². The van der Waals surface area contributed by atoms with E-state index < -0.39 is 17.8 Å². The van der Waals surface area contributed by atoms with Crippen LogP contribution in [0.15, 0.2) is 11.6 Å². The summed E-state index contributed by atoms with van der Waals surface area (Å²) in [6, 6.07) is 0. The molecule has 0 aromatic heterocycles. The Bertz CT molecular complexity index is 283. The monoisotopic (exact) mass is 197 g/mol. The van der Waals surface area contributed by atoms with Gasteiger partial charge in [-0.2, -0.15) is 0 Å². The molecule has 2 N–H and O–H groups in total. The molecule has 1 aliphatic carbocycles. The molecule has 2 unspecified atom stereocenters. The Kier molecular flexibility index (Phi) is 3.28. The molecule has 4 heteroatoms. The number of amides is 1. The fourth-order valence-electron chi connectivity index (χ4n) is 1.80. The fourth-order valence-corrected chi connectivity index (χ4v) is 1.80. The van der Waals surface area contributed by atoms with Gasteiger partial charge in [0, 0.05) is 7.05 Å². The molecule has 0 aliphatic heterocycles. The second-order valence-electron chi connectivity index (χ2n) is 3.66. The summed E-state index contributed by atoms with van der Waals surface area (Å²) < 4.78 is 0. The van der Waals surface area contributed by atoms with Crippen molar-refractivity contribution < 1.29 is 14.7 Å². The van der Waals surface area contributed by atoms with E-state index in [4.69, 9.17) is 5.11 Å². The van der Waals surface area contributed by atoms with Crippen LogP contribution in [-0.4, -0.2) is 24.0 Å². The van der Waals surface area contributed by atoms with E-state index in [-0.39, 0.29) is 5.91 Å². The Morgan fingerprint density at radius 3 is 2.64 bits per heavy atom. The van der Waals surface area contributed by atoms with Gasteiger partial charge in [0.05, 0.1) is 11.8 Å². The van der Waals surface area contributed by atoms with E-state index in [0.29, 0.717) is 12.8 Å². The van der Waals surface area contributed by atoms with Crippen LogP contribution in [-0.2, 0) is 9.59 Å². The zero-order valence-electron chi connectivity index (χ0n) is 8.41. The Labute approximate surface area is 83.0 Å². The fraction of sp³-hybridized carbons (Fsp3) is 0.600. The van der Waals surface area contributed by atoms with Crippen molar-refractivity contribution in [2.24, 2.45) is 11.8 Å². The quantitative estimate of drug-likeness (QED) is 0.643. The van der Waals surface area contributed by atoms with Gasteiger partial charge in [0.2, 0.25) is 5.91 Å². The normalized spacial score (nSPS) is 26.6. The number of carbonyl (C=O) groups is 2. The molecule has 0 saturated carbocycles. The first-order chi connectivity index (χ1) is 6.56. The molecule has 78 valence electrons.